The topological polar surface area (TPSA) is 43.4 Å². The van der Waals surface area contributed by atoms with E-state index in [-0.39, 0.29) is 11.0 Å². The van der Waals surface area contributed by atoms with Crippen molar-refractivity contribution in [3.8, 4) is 5.75 Å². The Morgan fingerprint density at radius 1 is 1.28 bits per heavy atom. The van der Waals surface area contributed by atoms with Crippen LogP contribution in [-0.4, -0.2) is 14.5 Å². The van der Waals surface area contributed by atoms with Crippen LogP contribution in [-0.2, 0) is 9.05 Å². The third-order valence-electron chi connectivity index (χ3n) is 2.71. The van der Waals surface area contributed by atoms with E-state index in [0.29, 0.717) is 16.9 Å². The van der Waals surface area contributed by atoms with Crippen molar-refractivity contribution in [3.63, 3.8) is 0 Å². The van der Waals surface area contributed by atoms with Crippen LogP contribution in [0, 0.1) is 13.8 Å². The van der Waals surface area contributed by atoms with Crippen molar-refractivity contribution in [2.45, 2.75) is 51.5 Å². The van der Waals surface area contributed by atoms with E-state index in [4.69, 9.17) is 15.4 Å². The van der Waals surface area contributed by atoms with Gasteiger partial charge >= 0.3 is 0 Å². The average Bonchev–Trinajstić information content (AvgIpc) is 2.13. The van der Waals surface area contributed by atoms with Crippen molar-refractivity contribution in [1.29, 1.82) is 0 Å². The van der Waals surface area contributed by atoms with E-state index < -0.39 is 9.05 Å². The summed E-state index contributed by atoms with van der Waals surface area (Å²) in [4.78, 5) is 0.180. The molecule has 18 heavy (non-hydrogen) atoms. The van der Waals surface area contributed by atoms with Crippen LogP contribution in [0.4, 0.5) is 0 Å². The molecule has 0 N–H and O–H groups in total. The van der Waals surface area contributed by atoms with Crippen LogP contribution in [0.25, 0.3) is 0 Å². The monoisotopic (exact) mass is 290 g/mol. The highest BCUT2D eigenvalue weighted by molar-refractivity contribution is 8.13. The van der Waals surface area contributed by atoms with Crippen molar-refractivity contribution < 1.29 is 13.2 Å². The van der Waals surface area contributed by atoms with E-state index in [1.54, 1.807) is 26.0 Å². The van der Waals surface area contributed by atoms with Gasteiger partial charge in [0.1, 0.15) is 5.75 Å². The molecule has 1 unspecified atom stereocenters. The summed E-state index contributed by atoms with van der Waals surface area (Å²) in [7, 11) is 1.71. The summed E-state index contributed by atoms with van der Waals surface area (Å²) in [5.41, 5.74) is 1.23. The molecule has 0 radical (unpaired) electrons. The molecule has 3 nitrogen and oxygen atoms in total. The third-order valence-corrected chi connectivity index (χ3v) is 4.30. The normalized spacial score (nSPS) is 13.4. The van der Waals surface area contributed by atoms with Crippen LogP contribution < -0.4 is 4.74 Å². The van der Waals surface area contributed by atoms with Gasteiger partial charge in [-0.1, -0.05) is 13.3 Å². The average molecular weight is 291 g/mol. The first kappa shape index (κ1) is 15.3. The summed E-state index contributed by atoms with van der Waals surface area (Å²) in [5.74, 6) is 0.690. The molecule has 102 valence electrons. The van der Waals surface area contributed by atoms with E-state index in [9.17, 15) is 8.42 Å². The van der Waals surface area contributed by atoms with Crippen molar-refractivity contribution >= 4 is 19.7 Å². The zero-order valence-corrected chi connectivity index (χ0v) is 12.7. The lowest BCUT2D eigenvalue weighted by Gasteiger charge is -2.16. The molecule has 1 atom stereocenters. The second-order valence-corrected chi connectivity index (χ2v) is 7.04. The van der Waals surface area contributed by atoms with Gasteiger partial charge in [0.15, 0.2) is 0 Å². The lowest BCUT2D eigenvalue weighted by atomic mass is 10.1. The summed E-state index contributed by atoms with van der Waals surface area (Å²) in [5, 5.41) is 0. The molecule has 0 saturated heterocycles. The highest BCUT2D eigenvalue weighted by Gasteiger charge is 2.18. The van der Waals surface area contributed by atoms with E-state index >= 15 is 0 Å². The Hall–Kier alpha value is -0.740. The molecule has 0 aliphatic heterocycles. The van der Waals surface area contributed by atoms with Crippen molar-refractivity contribution in [2.75, 3.05) is 0 Å². The lowest BCUT2D eigenvalue weighted by Crippen LogP contribution is -2.11. The number of halogens is 1. The molecule has 0 aliphatic rings. The zero-order chi connectivity index (χ0) is 13.9. The second kappa shape index (κ2) is 5.93. The maximum Gasteiger partial charge on any atom is 0.261 e. The molecular weight excluding hydrogens is 272 g/mol. The van der Waals surface area contributed by atoms with E-state index in [1.165, 1.54) is 0 Å². The number of rotatable bonds is 5. The van der Waals surface area contributed by atoms with E-state index in [0.717, 1.165) is 12.8 Å². The van der Waals surface area contributed by atoms with Gasteiger partial charge in [-0.3, -0.25) is 0 Å². The first-order chi connectivity index (χ1) is 8.25. The van der Waals surface area contributed by atoms with Gasteiger partial charge < -0.3 is 4.74 Å². The molecule has 0 amide bonds. The minimum atomic E-state index is -3.70. The van der Waals surface area contributed by atoms with Gasteiger partial charge in [-0.25, -0.2) is 8.42 Å². The Morgan fingerprint density at radius 3 is 2.17 bits per heavy atom. The van der Waals surface area contributed by atoms with Crippen LogP contribution >= 0.6 is 10.7 Å². The van der Waals surface area contributed by atoms with Crippen molar-refractivity contribution in [3.05, 3.63) is 23.3 Å². The van der Waals surface area contributed by atoms with Gasteiger partial charge in [-0.15, -0.1) is 0 Å². The van der Waals surface area contributed by atoms with E-state index in [2.05, 4.69) is 6.92 Å². The fourth-order valence-corrected chi connectivity index (χ4v) is 3.68. The Balaban J connectivity index is 3.08. The van der Waals surface area contributed by atoms with Gasteiger partial charge in [0.2, 0.25) is 0 Å². The van der Waals surface area contributed by atoms with Gasteiger partial charge in [-0.05, 0) is 50.5 Å². The second-order valence-electron chi connectivity index (χ2n) is 4.54. The summed E-state index contributed by atoms with van der Waals surface area (Å²) in [6.07, 6.45) is 2.13. The summed E-state index contributed by atoms with van der Waals surface area (Å²) >= 11 is 0. The fraction of sp³-hybridized carbons (Fsp3) is 0.538. The number of aryl methyl sites for hydroxylation is 2. The predicted molar refractivity (Wildman–Crippen MR) is 74.0 cm³/mol. The highest BCUT2D eigenvalue weighted by atomic mass is 35.7. The number of hydrogen-bond acceptors (Lipinski definition) is 3. The van der Waals surface area contributed by atoms with Gasteiger partial charge in [0.05, 0.1) is 11.0 Å². The van der Waals surface area contributed by atoms with Crippen LogP contribution in [0.15, 0.2) is 17.0 Å². The molecule has 0 heterocycles. The molecule has 0 aromatic heterocycles. The van der Waals surface area contributed by atoms with Crippen molar-refractivity contribution in [1.82, 2.24) is 0 Å². The summed E-state index contributed by atoms with van der Waals surface area (Å²) in [6.45, 7) is 7.54. The standard InChI is InChI=1S/C13H19ClO3S/c1-5-6-11(4)17-12-7-9(2)13(10(3)8-12)18(14,15)16/h7-8,11H,5-6H2,1-4H3. The van der Waals surface area contributed by atoms with Crippen LogP contribution in [0.2, 0.25) is 0 Å². The summed E-state index contributed by atoms with van der Waals surface area (Å²) < 4.78 is 28.6. The van der Waals surface area contributed by atoms with Crippen molar-refractivity contribution in [2.24, 2.45) is 0 Å². The molecule has 1 aromatic rings. The fourth-order valence-electron chi connectivity index (χ4n) is 2.06. The molecule has 0 saturated carbocycles. The Labute approximate surface area is 114 Å². The number of hydrogen-bond donors (Lipinski definition) is 0. The molecule has 5 heteroatoms. The zero-order valence-electron chi connectivity index (χ0n) is 11.2. The molecular formula is C13H19ClO3S. The SMILES string of the molecule is CCCC(C)Oc1cc(C)c(S(=O)(=O)Cl)c(C)c1. The maximum atomic E-state index is 11.4. The molecule has 0 bridgehead atoms. The Bertz CT molecular complexity index is 500. The maximum absolute atomic E-state index is 11.4. The first-order valence-electron chi connectivity index (χ1n) is 5.98. The predicted octanol–water partition coefficient (Wildman–Crippen LogP) is 3.80. The van der Waals surface area contributed by atoms with Gasteiger partial charge in [0, 0.05) is 10.7 Å². The molecule has 1 rings (SSSR count). The lowest BCUT2D eigenvalue weighted by molar-refractivity contribution is 0.209. The molecule has 0 spiro atoms. The Kier molecular flexibility index (Phi) is 5.05. The highest BCUT2D eigenvalue weighted by Crippen LogP contribution is 2.28. The van der Waals surface area contributed by atoms with Crippen LogP contribution in [0.1, 0.15) is 37.8 Å². The smallest absolute Gasteiger partial charge is 0.261 e. The van der Waals surface area contributed by atoms with Gasteiger partial charge in [-0.2, -0.15) is 0 Å². The van der Waals surface area contributed by atoms with Gasteiger partial charge in [0.25, 0.3) is 9.05 Å². The molecule has 0 aliphatic carbocycles. The van der Waals surface area contributed by atoms with Crippen LogP contribution in [0.5, 0.6) is 5.75 Å². The minimum Gasteiger partial charge on any atom is -0.491 e. The molecule has 0 fully saturated rings. The van der Waals surface area contributed by atoms with Crippen LogP contribution in [0.3, 0.4) is 0 Å². The number of ether oxygens (including phenoxy) is 1. The third kappa shape index (κ3) is 3.89. The Morgan fingerprint density at radius 2 is 1.78 bits per heavy atom. The minimum absolute atomic E-state index is 0.118. The quantitative estimate of drug-likeness (QED) is 0.775. The number of benzene rings is 1. The first-order valence-corrected chi connectivity index (χ1v) is 8.29. The molecule has 1 aromatic carbocycles. The van der Waals surface area contributed by atoms with E-state index in [1.807, 2.05) is 6.92 Å². The largest absolute Gasteiger partial charge is 0.491 e. The summed E-state index contributed by atoms with van der Waals surface area (Å²) in [6, 6.07) is 3.43.